The van der Waals surface area contributed by atoms with Crippen LogP contribution in [0.1, 0.15) is 5.56 Å². The Kier molecular flexibility index (Phi) is 5.79. The third kappa shape index (κ3) is 4.36. The maximum absolute atomic E-state index is 12.6. The molecule has 0 unspecified atom stereocenters. The van der Waals surface area contributed by atoms with Crippen molar-refractivity contribution in [3.05, 3.63) is 61.2 Å². The van der Waals surface area contributed by atoms with Crippen LogP contribution in [0.4, 0.5) is 13.2 Å². The molecule has 0 atom stereocenters. The van der Waals surface area contributed by atoms with Crippen LogP contribution in [0.2, 0.25) is 0 Å². The molecular weight excluding hydrogens is 387 g/mol. The minimum Gasteiger partial charge on any atom is -1.00 e. The van der Waals surface area contributed by atoms with E-state index in [9.17, 15) is 13.2 Å². The van der Waals surface area contributed by atoms with Gasteiger partial charge in [0.2, 0.25) is 0 Å². The molecular formula is C14H11F4IO. The second-order valence-electron chi connectivity index (χ2n) is 3.76. The number of rotatable bonds is 3. The molecule has 0 saturated heterocycles. The number of alkyl halides is 3. The van der Waals surface area contributed by atoms with Crippen molar-refractivity contribution >= 4 is 0 Å². The molecule has 0 aliphatic heterocycles. The molecule has 0 saturated carbocycles. The summed E-state index contributed by atoms with van der Waals surface area (Å²) in [4.78, 5) is 0. The van der Waals surface area contributed by atoms with Gasteiger partial charge in [0, 0.05) is 6.07 Å². The second-order valence-corrected chi connectivity index (χ2v) is 6.79. The zero-order valence-electron chi connectivity index (χ0n) is 10.4. The fraction of sp³-hybridized carbons (Fsp3) is 0.143. The average molecular weight is 398 g/mol. The van der Waals surface area contributed by atoms with E-state index in [-0.39, 0.29) is 4.70 Å². The third-order valence-electron chi connectivity index (χ3n) is 2.42. The van der Waals surface area contributed by atoms with Crippen molar-refractivity contribution in [3.63, 3.8) is 0 Å². The van der Waals surface area contributed by atoms with E-state index in [1.54, 1.807) is 13.2 Å². The molecule has 0 bridgehead atoms. The van der Waals surface area contributed by atoms with Crippen LogP contribution in [-0.4, -0.2) is 7.11 Å². The van der Waals surface area contributed by atoms with E-state index in [2.05, 4.69) is 0 Å². The van der Waals surface area contributed by atoms with Gasteiger partial charge in [0.05, 0.1) is 12.7 Å². The molecule has 20 heavy (non-hydrogen) atoms. The first kappa shape index (κ1) is 16.7. The van der Waals surface area contributed by atoms with Crippen molar-refractivity contribution in [2.45, 2.75) is 6.18 Å². The largest absolute Gasteiger partial charge is 1.00 e. The highest BCUT2D eigenvalue weighted by atomic mass is 127. The number of hydrogen-bond donors (Lipinski definition) is 0. The number of methoxy groups -OCH3 is 1. The highest BCUT2D eigenvalue weighted by Crippen LogP contribution is 2.28. The van der Waals surface area contributed by atoms with E-state index < -0.39 is 32.9 Å². The topological polar surface area (TPSA) is 9.23 Å². The molecule has 2 rings (SSSR count). The van der Waals surface area contributed by atoms with Crippen LogP contribution in [-0.2, 0) is 6.18 Å². The van der Waals surface area contributed by atoms with Gasteiger partial charge in [-0.15, -0.1) is 0 Å². The molecule has 1 nitrogen and oxygen atoms in total. The van der Waals surface area contributed by atoms with Crippen molar-refractivity contribution in [1.29, 1.82) is 0 Å². The number of benzene rings is 2. The molecule has 108 valence electrons. The summed E-state index contributed by atoms with van der Waals surface area (Å²) in [7, 11) is 1.58. The number of hydrogen-bond acceptors (Lipinski definition) is 1. The summed E-state index contributed by atoms with van der Waals surface area (Å²) in [5.41, 5.74) is -0.585. The van der Waals surface area contributed by atoms with E-state index in [1.165, 1.54) is 12.1 Å². The predicted molar refractivity (Wildman–Crippen MR) is 61.8 cm³/mol. The van der Waals surface area contributed by atoms with Gasteiger partial charge in [0.1, 0.15) is 5.75 Å². The molecule has 0 aliphatic carbocycles. The van der Waals surface area contributed by atoms with Gasteiger partial charge < -0.3 is 9.44 Å². The van der Waals surface area contributed by atoms with Crippen molar-refractivity contribution in [3.8, 4) is 5.75 Å². The Morgan fingerprint density at radius 1 is 0.950 bits per heavy atom. The Morgan fingerprint density at radius 2 is 1.60 bits per heavy atom. The lowest BCUT2D eigenvalue weighted by Crippen LogP contribution is -3.61. The zero-order chi connectivity index (χ0) is 13.9. The van der Waals surface area contributed by atoms with Crippen molar-refractivity contribution in [2.75, 3.05) is 7.11 Å². The monoisotopic (exact) mass is 398 g/mol. The Bertz CT molecular complexity index is 552. The SMILES string of the molecule is COc1ccc([I+]c2cccc(C(F)(F)F)c2)cc1.[F-]. The molecule has 2 aromatic rings. The molecule has 0 radical (unpaired) electrons. The predicted octanol–water partition coefficient (Wildman–Crippen LogP) is -2.15. The first-order valence-corrected chi connectivity index (χ1v) is 7.61. The summed E-state index contributed by atoms with van der Waals surface area (Å²) in [6.45, 7) is 0. The van der Waals surface area contributed by atoms with Crippen LogP contribution in [0.3, 0.4) is 0 Å². The molecule has 0 aliphatic rings. The van der Waals surface area contributed by atoms with Gasteiger partial charge in [-0.25, -0.2) is 0 Å². The first-order valence-electron chi connectivity index (χ1n) is 5.45. The van der Waals surface area contributed by atoms with Crippen LogP contribution in [0.5, 0.6) is 5.75 Å². The molecule has 0 heterocycles. The standard InChI is InChI=1S/C14H11F3IO.FH/c1-19-13-7-5-11(6-8-13)18-12-4-2-3-10(9-12)14(15,16)17;/h2-9H,1H3;1H/q+1;/p-1. The smallest absolute Gasteiger partial charge is 0.416 e. The summed E-state index contributed by atoms with van der Waals surface area (Å²) in [5, 5.41) is 0. The Balaban J connectivity index is 0.00000200. The summed E-state index contributed by atoms with van der Waals surface area (Å²) < 4.78 is 44.7. The van der Waals surface area contributed by atoms with E-state index in [0.29, 0.717) is 0 Å². The zero-order valence-corrected chi connectivity index (χ0v) is 12.6. The van der Waals surface area contributed by atoms with Gasteiger partial charge >= 0.3 is 27.4 Å². The Morgan fingerprint density at radius 3 is 2.15 bits per heavy atom. The fourth-order valence-electron chi connectivity index (χ4n) is 1.48. The van der Waals surface area contributed by atoms with E-state index >= 15 is 0 Å². The van der Waals surface area contributed by atoms with E-state index in [4.69, 9.17) is 4.74 Å². The lowest BCUT2D eigenvalue weighted by atomic mass is 10.2. The van der Waals surface area contributed by atoms with E-state index in [0.717, 1.165) is 19.0 Å². The summed E-state index contributed by atoms with van der Waals surface area (Å²) in [5.74, 6) is 0.747. The van der Waals surface area contributed by atoms with Crippen LogP contribution >= 0.6 is 0 Å². The van der Waals surface area contributed by atoms with Crippen LogP contribution in [0, 0.1) is 7.14 Å². The van der Waals surface area contributed by atoms with Gasteiger partial charge in [-0.2, -0.15) is 13.2 Å². The highest BCUT2D eigenvalue weighted by molar-refractivity contribution is 5.21. The van der Waals surface area contributed by atoms with Gasteiger partial charge in [-0.3, -0.25) is 0 Å². The van der Waals surface area contributed by atoms with Crippen LogP contribution in [0.15, 0.2) is 48.5 Å². The maximum atomic E-state index is 12.6. The normalized spacial score (nSPS) is 10.8. The van der Waals surface area contributed by atoms with Gasteiger partial charge in [0.25, 0.3) is 0 Å². The summed E-state index contributed by atoms with van der Waals surface area (Å²) in [6, 6.07) is 13.0. The average Bonchev–Trinajstić information content (AvgIpc) is 2.39. The van der Waals surface area contributed by atoms with Crippen LogP contribution in [0.25, 0.3) is 0 Å². The minimum atomic E-state index is -4.28. The lowest BCUT2D eigenvalue weighted by molar-refractivity contribution is -0.597. The fourth-order valence-corrected chi connectivity index (χ4v) is 3.80. The van der Waals surface area contributed by atoms with Gasteiger partial charge in [-0.1, -0.05) is 6.07 Å². The molecule has 0 fully saturated rings. The Labute approximate surface area is 124 Å². The lowest BCUT2D eigenvalue weighted by Gasteiger charge is -2.04. The highest BCUT2D eigenvalue weighted by Gasteiger charge is 2.32. The minimum absolute atomic E-state index is 0. The molecule has 0 N–H and O–H groups in total. The quantitative estimate of drug-likeness (QED) is 0.424. The molecule has 0 spiro atoms. The number of ether oxygens (including phenoxy) is 1. The van der Waals surface area contributed by atoms with E-state index in [1.807, 2.05) is 24.3 Å². The van der Waals surface area contributed by atoms with Gasteiger partial charge in [-0.05, 0) is 36.4 Å². The Hall–Kier alpha value is -1.31. The first-order chi connectivity index (χ1) is 8.99. The van der Waals surface area contributed by atoms with Crippen molar-refractivity contribution < 1.29 is 43.8 Å². The molecule has 2 aromatic carbocycles. The second kappa shape index (κ2) is 6.92. The van der Waals surface area contributed by atoms with Crippen LogP contribution < -0.4 is 30.6 Å². The molecule has 6 heteroatoms. The molecule has 0 aromatic heterocycles. The summed E-state index contributed by atoms with van der Waals surface area (Å²) >= 11 is -0.610. The summed E-state index contributed by atoms with van der Waals surface area (Å²) in [6.07, 6.45) is -4.28. The van der Waals surface area contributed by atoms with Gasteiger partial charge in [0.15, 0.2) is 7.14 Å². The third-order valence-corrected chi connectivity index (χ3v) is 5.06. The maximum Gasteiger partial charge on any atom is 0.416 e. The number of halogens is 5. The van der Waals surface area contributed by atoms with Crippen molar-refractivity contribution in [2.24, 2.45) is 0 Å². The van der Waals surface area contributed by atoms with Crippen molar-refractivity contribution in [1.82, 2.24) is 0 Å². The molecule has 0 amide bonds.